The van der Waals surface area contributed by atoms with E-state index in [9.17, 15) is 0 Å². The lowest BCUT2D eigenvalue weighted by Gasteiger charge is -2.28. The number of anilines is 1. The lowest BCUT2D eigenvalue weighted by molar-refractivity contribution is 0.122. The highest BCUT2D eigenvalue weighted by Crippen LogP contribution is 2.24. The van der Waals surface area contributed by atoms with Crippen molar-refractivity contribution in [3.05, 3.63) is 11.8 Å². The van der Waals surface area contributed by atoms with Crippen molar-refractivity contribution in [3.63, 3.8) is 0 Å². The molecule has 1 aromatic rings. The summed E-state index contributed by atoms with van der Waals surface area (Å²) in [5.74, 6) is 1.97. The first-order chi connectivity index (χ1) is 8.81. The lowest BCUT2D eigenvalue weighted by atomic mass is 10.3. The minimum absolute atomic E-state index is 0.408. The average Bonchev–Trinajstić information content (AvgIpc) is 3.21. The summed E-state index contributed by atoms with van der Waals surface area (Å²) >= 11 is 1.68. The number of nitrogens with zero attached hydrogens (tertiary/aromatic N) is 3. The predicted octanol–water partition coefficient (Wildman–Crippen LogP) is 1.11. The fourth-order valence-corrected chi connectivity index (χ4v) is 2.77. The molecule has 3 heterocycles. The summed E-state index contributed by atoms with van der Waals surface area (Å²) in [4.78, 5) is 11.4. The van der Waals surface area contributed by atoms with Gasteiger partial charge in [0.1, 0.15) is 5.82 Å². The van der Waals surface area contributed by atoms with Gasteiger partial charge in [-0.2, -0.15) is 0 Å². The molecule has 1 atom stereocenters. The van der Waals surface area contributed by atoms with Gasteiger partial charge in [0.25, 0.3) is 0 Å². The Kier molecular flexibility index (Phi) is 3.67. The van der Waals surface area contributed by atoms with Gasteiger partial charge >= 0.3 is 0 Å². The lowest BCUT2D eigenvalue weighted by Crippen LogP contribution is -2.36. The maximum absolute atomic E-state index is 5.36. The molecule has 0 aromatic carbocycles. The zero-order valence-electron chi connectivity index (χ0n) is 10.5. The third-order valence-electron chi connectivity index (χ3n) is 2.96. The number of thioether (sulfide) groups is 1. The summed E-state index contributed by atoms with van der Waals surface area (Å²) in [5, 5.41) is 0.854. The first-order valence-electron chi connectivity index (χ1n) is 6.24. The van der Waals surface area contributed by atoms with Gasteiger partial charge in [0.2, 0.25) is 0 Å². The van der Waals surface area contributed by atoms with Crippen LogP contribution in [0.25, 0.3) is 0 Å². The number of aromatic nitrogens is 2. The van der Waals surface area contributed by atoms with Gasteiger partial charge in [0, 0.05) is 30.6 Å². The Bertz CT molecular complexity index is 420. The Morgan fingerprint density at radius 3 is 2.89 bits per heavy atom. The molecule has 2 aliphatic heterocycles. The maximum Gasteiger partial charge on any atom is 0.189 e. The van der Waals surface area contributed by atoms with Crippen molar-refractivity contribution in [2.45, 2.75) is 18.2 Å². The first kappa shape index (κ1) is 12.2. The smallest absolute Gasteiger partial charge is 0.189 e. The first-order valence-corrected chi connectivity index (χ1v) is 7.22. The fourth-order valence-electron chi connectivity index (χ4n) is 1.88. The molecule has 3 rings (SSSR count). The van der Waals surface area contributed by atoms with Crippen LogP contribution in [0.1, 0.15) is 5.69 Å². The third kappa shape index (κ3) is 3.13. The minimum Gasteiger partial charge on any atom is -0.378 e. The summed E-state index contributed by atoms with van der Waals surface area (Å²) in [6, 6.07) is 2.04. The number of morpholine rings is 1. The van der Waals surface area contributed by atoms with E-state index in [4.69, 9.17) is 9.47 Å². The number of aryl methyl sites for hydroxylation is 1. The van der Waals surface area contributed by atoms with Crippen LogP contribution in [0.15, 0.2) is 11.2 Å². The number of epoxide rings is 1. The number of hydrogen-bond donors (Lipinski definition) is 0. The molecule has 0 saturated carbocycles. The molecule has 0 aliphatic carbocycles. The van der Waals surface area contributed by atoms with Crippen LogP contribution in [0.5, 0.6) is 0 Å². The van der Waals surface area contributed by atoms with E-state index >= 15 is 0 Å². The molecule has 0 amide bonds. The van der Waals surface area contributed by atoms with Crippen LogP contribution >= 0.6 is 11.8 Å². The predicted molar refractivity (Wildman–Crippen MR) is 70.3 cm³/mol. The van der Waals surface area contributed by atoms with E-state index in [1.165, 1.54) is 0 Å². The topological polar surface area (TPSA) is 50.8 Å². The molecule has 18 heavy (non-hydrogen) atoms. The van der Waals surface area contributed by atoms with E-state index in [1.807, 2.05) is 13.0 Å². The van der Waals surface area contributed by atoms with Crippen molar-refractivity contribution < 1.29 is 9.47 Å². The van der Waals surface area contributed by atoms with Gasteiger partial charge in [-0.1, -0.05) is 11.8 Å². The molecule has 1 unspecified atom stereocenters. The van der Waals surface area contributed by atoms with Crippen LogP contribution in [0.3, 0.4) is 0 Å². The van der Waals surface area contributed by atoms with Crippen molar-refractivity contribution in [3.8, 4) is 0 Å². The van der Waals surface area contributed by atoms with Crippen molar-refractivity contribution in [1.29, 1.82) is 0 Å². The molecule has 0 bridgehead atoms. The van der Waals surface area contributed by atoms with E-state index in [-0.39, 0.29) is 0 Å². The summed E-state index contributed by atoms with van der Waals surface area (Å²) in [6.07, 6.45) is 0.408. The maximum atomic E-state index is 5.36. The van der Waals surface area contributed by atoms with Crippen LogP contribution in [0, 0.1) is 6.92 Å². The van der Waals surface area contributed by atoms with Gasteiger partial charge < -0.3 is 14.4 Å². The third-order valence-corrected chi connectivity index (χ3v) is 3.94. The highest BCUT2D eigenvalue weighted by molar-refractivity contribution is 7.99. The molecule has 2 fully saturated rings. The van der Waals surface area contributed by atoms with Gasteiger partial charge in [-0.05, 0) is 6.92 Å². The quantitative estimate of drug-likeness (QED) is 0.463. The SMILES string of the molecule is Cc1cc(N2CCOCC2)nc(SCC2CO2)n1. The Labute approximate surface area is 111 Å². The van der Waals surface area contributed by atoms with Gasteiger partial charge in [0.05, 0.1) is 25.9 Å². The molecule has 1 aromatic heterocycles. The second kappa shape index (κ2) is 5.42. The average molecular weight is 267 g/mol. The Morgan fingerprint density at radius 2 is 2.17 bits per heavy atom. The second-order valence-electron chi connectivity index (χ2n) is 4.52. The Balaban J connectivity index is 1.71. The van der Waals surface area contributed by atoms with E-state index in [0.29, 0.717) is 6.10 Å². The fraction of sp³-hybridized carbons (Fsp3) is 0.667. The monoisotopic (exact) mass is 267 g/mol. The number of ether oxygens (including phenoxy) is 2. The summed E-state index contributed by atoms with van der Waals surface area (Å²) in [7, 11) is 0. The van der Waals surface area contributed by atoms with Crippen molar-refractivity contribution in [1.82, 2.24) is 9.97 Å². The van der Waals surface area contributed by atoms with Crippen molar-refractivity contribution >= 4 is 17.6 Å². The van der Waals surface area contributed by atoms with Gasteiger partial charge in [-0.3, -0.25) is 0 Å². The van der Waals surface area contributed by atoms with Crippen LogP contribution in [0.4, 0.5) is 5.82 Å². The molecule has 0 N–H and O–H groups in total. The van der Waals surface area contributed by atoms with Gasteiger partial charge in [0.15, 0.2) is 5.16 Å². The molecule has 5 nitrogen and oxygen atoms in total. The van der Waals surface area contributed by atoms with E-state index in [0.717, 1.165) is 55.3 Å². The minimum atomic E-state index is 0.408. The zero-order valence-corrected chi connectivity index (χ0v) is 11.3. The van der Waals surface area contributed by atoms with Gasteiger partial charge in [-0.25, -0.2) is 9.97 Å². The molecule has 98 valence electrons. The standard InChI is InChI=1S/C12H17N3O2S/c1-9-6-11(15-2-4-16-5-3-15)14-12(13-9)18-8-10-7-17-10/h6,10H,2-5,7-8H2,1H3. The summed E-state index contributed by atoms with van der Waals surface area (Å²) < 4.78 is 10.6. The second-order valence-corrected chi connectivity index (χ2v) is 5.50. The van der Waals surface area contributed by atoms with Crippen molar-refractivity contribution in [2.24, 2.45) is 0 Å². The molecule has 0 spiro atoms. The van der Waals surface area contributed by atoms with Gasteiger partial charge in [-0.15, -0.1) is 0 Å². The summed E-state index contributed by atoms with van der Waals surface area (Å²) in [5.41, 5.74) is 1.02. The molecule has 6 heteroatoms. The number of hydrogen-bond acceptors (Lipinski definition) is 6. The van der Waals surface area contributed by atoms with Crippen molar-refractivity contribution in [2.75, 3.05) is 43.6 Å². The van der Waals surface area contributed by atoms with Crippen LogP contribution in [-0.2, 0) is 9.47 Å². The molecular weight excluding hydrogens is 250 g/mol. The Hall–Kier alpha value is -0.850. The van der Waals surface area contributed by atoms with Crippen LogP contribution in [-0.4, -0.2) is 54.7 Å². The zero-order chi connectivity index (χ0) is 12.4. The molecule has 2 saturated heterocycles. The number of rotatable bonds is 4. The van der Waals surface area contributed by atoms with E-state index in [2.05, 4.69) is 14.9 Å². The van der Waals surface area contributed by atoms with E-state index in [1.54, 1.807) is 11.8 Å². The molecule has 0 radical (unpaired) electrons. The van der Waals surface area contributed by atoms with Crippen LogP contribution < -0.4 is 4.90 Å². The normalized spacial score (nSPS) is 23.2. The summed E-state index contributed by atoms with van der Waals surface area (Å²) in [6.45, 7) is 6.28. The highest BCUT2D eigenvalue weighted by Gasteiger charge is 2.23. The molecular formula is C12H17N3O2S. The molecule has 2 aliphatic rings. The highest BCUT2D eigenvalue weighted by atomic mass is 32.2. The largest absolute Gasteiger partial charge is 0.378 e. The Morgan fingerprint density at radius 1 is 1.39 bits per heavy atom. The van der Waals surface area contributed by atoms with Crippen LogP contribution in [0.2, 0.25) is 0 Å². The van der Waals surface area contributed by atoms with E-state index < -0.39 is 0 Å².